The van der Waals surface area contributed by atoms with Crippen molar-refractivity contribution in [2.75, 3.05) is 20.2 Å². The Morgan fingerprint density at radius 3 is 1.36 bits per heavy atom. The van der Waals surface area contributed by atoms with Crippen molar-refractivity contribution in [2.45, 2.75) is 115 Å². The second-order valence-corrected chi connectivity index (χ2v) is 14.1. The number of methoxy groups -OCH3 is 1. The van der Waals surface area contributed by atoms with E-state index in [0.29, 0.717) is 25.1 Å². The summed E-state index contributed by atoms with van der Waals surface area (Å²) in [5.74, 6) is -2.81. The molecule has 0 radical (unpaired) electrons. The fraction of sp³-hybridized carbons (Fsp3) is 0.568. The molecule has 2 aromatic carbocycles. The quantitative estimate of drug-likeness (QED) is 0.226. The third-order valence-corrected chi connectivity index (χ3v) is 8.15. The standard InChI is InChI=1S/C19H27NO4.C18H25NO4.2Na.H2O/c1-19(2,3)24-18(22)20-13-9-8-12-15(20)16(17(21)23-4)14-10-6-5-7-11-14;1-18(2,3)23-17(22)19-12-8-7-11-14(19)15(16(20)21)13-9-5-4-6-10-13;;;/h5-7,10-11,15-16H,8-9,12-13H2,1-4H3;4-6,9-10,14-15H,7-8,11-12H2,1-3H3,(H,20,21);;;1H2/q;;2*+1;/p-2. The van der Waals surface area contributed by atoms with E-state index < -0.39 is 41.1 Å². The third kappa shape index (κ3) is 14.5. The van der Waals surface area contributed by atoms with E-state index in [1.54, 1.807) is 54.8 Å². The zero-order valence-electron chi connectivity index (χ0n) is 31.3. The van der Waals surface area contributed by atoms with Gasteiger partial charge in [-0.3, -0.25) is 4.79 Å². The zero-order valence-corrected chi connectivity index (χ0v) is 35.3. The molecule has 2 aromatic rings. The second-order valence-electron chi connectivity index (χ2n) is 14.1. The molecule has 0 spiro atoms. The molecule has 11 nitrogen and oxygen atoms in total. The maximum atomic E-state index is 12.6. The summed E-state index contributed by atoms with van der Waals surface area (Å²) in [5.41, 5.74) is 0.354. The van der Waals surface area contributed by atoms with Crippen molar-refractivity contribution in [1.82, 2.24) is 9.80 Å². The molecule has 13 heteroatoms. The van der Waals surface area contributed by atoms with E-state index >= 15 is 0 Å². The average molecular weight is 715 g/mol. The van der Waals surface area contributed by atoms with Gasteiger partial charge in [-0.1, -0.05) is 60.7 Å². The SMILES string of the molecule is CC(C)(C)OC(=O)N1CCCCC1C(C(=O)[O-])c1ccccc1.COC(=O)C(c1ccccc1)C1CCCCN1C(=O)OC(C)(C)C.[Na+].[Na+].[OH-]. The molecule has 0 bridgehead atoms. The van der Waals surface area contributed by atoms with Gasteiger partial charge in [-0.05, 0) is 91.2 Å². The van der Waals surface area contributed by atoms with E-state index in [1.165, 1.54) is 7.11 Å². The number of hydrogen-bond acceptors (Lipinski definition) is 9. The van der Waals surface area contributed by atoms with Crippen LogP contribution in [0, 0.1) is 0 Å². The van der Waals surface area contributed by atoms with E-state index in [4.69, 9.17) is 14.2 Å². The molecular weight excluding hydrogens is 662 g/mol. The Kier molecular flexibility index (Phi) is 21.1. The van der Waals surface area contributed by atoms with Gasteiger partial charge in [-0.15, -0.1) is 0 Å². The van der Waals surface area contributed by atoms with Crippen LogP contribution in [0.1, 0.15) is 103 Å². The van der Waals surface area contributed by atoms with Crippen LogP contribution < -0.4 is 64.2 Å². The van der Waals surface area contributed by atoms with E-state index in [2.05, 4.69) is 0 Å². The Balaban J connectivity index is 0.000000907. The molecule has 0 aromatic heterocycles. The summed E-state index contributed by atoms with van der Waals surface area (Å²) in [7, 11) is 1.39. The van der Waals surface area contributed by atoms with Gasteiger partial charge in [0.25, 0.3) is 0 Å². The first kappa shape index (κ1) is 47.9. The number of carboxylic acid groups (broad SMARTS) is 1. The second kappa shape index (κ2) is 22.1. The molecule has 4 unspecified atom stereocenters. The molecular formula is C37H52N2Na2O9. The Bertz CT molecular complexity index is 1330. The fourth-order valence-corrected chi connectivity index (χ4v) is 6.18. The van der Waals surface area contributed by atoms with Crippen LogP contribution in [-0.4, -0.2) is 82.9 Å². The van der Waals surface area contributed by atoms with Gasteiger partial charge in [0, 0.05) is 25.0 Å². The van der Waals surface area contributed by atoms with Gasteiger partial charge in [-0.2, -0.15) is 0 Å². The maximum Gasteiger partial charge on any atom is 1.00 e. The minimum atomic E-state index is -1.16. The molecule has 1 N–H and O–H groups in total. The summed E-state index contributed by atoms with van der Waals surface area (Å²) >= 11 is 0. The molecule has 2 heterocycles. The molecule has 2 fully saturated rings. The fourth-order valence-electron chi connectivity index (χ4n) is 6.18. The van der Waals surface area contributed by atoms with Gasteiger partial charge in [-0.25, -0.2) is 9.59 Å². The average Bonchev–Trinajstić information content (AvgIpc) is 3.01. The Hall–Kier alpha value is -2.12. The molecule has 266 valence electrons. The van der Waals surface area contributed by atoms with Crippen LogP contribution >= 0.6 is 0 Å². The molecule has 50 heavy (non-hydrogen) atoms. The number of rotatable bonds is 6. The van der Waals surface area contributed by atoms with E-state index in [-0.39, 0.29) is 82.7 Å². The predicted molar refractivity (Wildman–Crippen MR) is 178 cm³/mol. The summed E-state index contributed by atoms with van der Waals surface area (Å²) < 4.78 is 16.0. The molecule has 2 aliphatic rings. The molecule has 2 amide bonds. The smallest absolute Gasteiger partial charge is 0.870 e. The molecule has 2 aliphatic heterocycles. The largest absolute Gasteiger partial charge is 1.00 e. The number of hydrogen-bond donors (Lipinski definition) is 0. The summed E-state index contributed by atoms with van der Waals surface area (Å²) in [6, 6.07) is 17.8. The van der Waals surface area contributed by atoms with E-state index in [9.17, 15) is 24.3 Å². The first-order chi connectivity index (χ1) is 22.1. The van der Waals surface area contributed by atoms with Crippen molar-refractivity contribution in [1.29, 1.82) is 0 Å². The van der Waals surface area contributed by atoms with Gasteiger partial charge >= 0.3 is 77.3 Å². The van der Waals surface area contributed by atoms with Crippen LogP contribution in [0.2, 0.25) is 0 Å². The monoisotopic (exact) mass is 714 g/mol. The summed E-state index contributed by atoms with van der Waals surface area (Å²) in [4.78, 5) is 52.6. The first-order valence-corrected chi connectivity index (χ1v) is 16.5. The minimum absolute atomic E-state index is 0. The number of esters is 1. The number of benzene rings is 2. The number of ether oxygens (including phenoxy) is 3. The van der Waals surface area contributed by atoms with Crippen molar-refractivity contribution < 1.29 is 103 Å². The van der Waals surface area contributed by atoms with Crippen molar-refractivity contribution in [3.63, 3.8) is 0 Å². The topological polar surface area (TPSA) is 156 Å². The number of carbonyl (C=O) groups is 4. The van der Waals surface area contributed by atoms with Crippen molar-refractivity contribution in [3.8, 4) is 0 Å². The van der Waals surface area contributed by atoms with Crippen LogP contribution in [0.5, 0.6) is 0 Å². The first-order valence-electron chi connectivity index (χ1n) is 16.5. The third-order valence-electron chi connectivity index (χ3n) is 8.15. The van der Waals surface area contributed by atoms with Crippen molar-refractivity contribution in [3.05, 3.63) is 71.8 Å². The number of carboxylic acids is 1. The Morgan fingerprint density at radius 2 is 1.02 bits per heavy atom. The minimum Gasteiger partial charge on any atom is -0.870 e. The van der Waals surface area contributed by atoms with Gasteiger partial charge < -0.3 is 39.4 Å². The van der Waals surface area contributed by atoms with Crippen molar-refractivity contribution in [2.24, 2.45) is 0 Å². The maximum absolute atomic E-state index is 12.6. The predicted octanol–water partition coefficient (Wildman–Crippen LogP) is -0.126. The van der Waals surface area contributed by atoms with E-state index in [0.717, 1.165) is 37.7 Å². The Labute approximate surface area is 341 Å². The molecule has 4 atom stereocenters. The van der Waals surface area contributed by atoms with Gasteiger partial charge in [0.15, 0.2) is 0 Å². The van der Waals surface area contributed by atoms with Crippen molar-refractivity contribution >= 4 is 24.1 Å². The molecule has 0 aliphatic carbocycles. The number of amides is 2. The molecule has 4 rings (SSSR count). The van der Waals surface area contributed by atoms with E-state index in [1.807, 2.05) is 57.2 Å². The number of likely N-dealkylation sites (tertiary alicyclic amines) is 2. The van der Waals surface area contributed by atoms with Gasteiger partial charge in [0.2, 0.25) is 0 Å². The van der Waals surface area contributed by atoms with Gasteiger partial charge in [0.1, 0.15) is 17.1 Å². The van der Waals surface area contributed by atoms with Crippen LogP contribution in [0.4, 0.5) is 9.59 Å². The normalized spacial score (nSPS) is 18.5. The van der Waals surface area contributed by atoms with Gasteiger partial charge in [0.05, 0.1) is 19.1 Å². The number of nitrogens with zero attached hydrogens (tertiary/aromatic N) is 2. The summed E-state index contributed by atoms with van der Waals surface area (Å²) in [6.07, 6.45) is 4.20. The number of piperidine rings is 2. The summed E-state index contributed by atoms with van der Waals surface area (Å²) in [6.45, 7) is 12.1. The zero-order chi connectivity index (χ0) is 34.8. The Morgan fingerprint density at radius 1 is 0.660 bits per heavy atom. The van der Waals surface area contributed by atoms with Crippen LogP contribution in [0.15, 0.2) is 60.7 Å². The number of carbonyl (C=O) groups excluding carboxylic acids is 4. The molecule has 2 saturated heterocycles. The van der Waals surface area contributed by atoms with Crippen LogP contribution in [0.25, 0.3) is 0 Å². The molecule has 0 saturated carbocycles. The van der Waals surface area contributed by atoms with Crippen LogP contribution in [-0.2, 0) is 23.8 Å². The number of aliphatic carboxylic acids is 1. The summed E-state index contributed by atoms with van der Waals surface area (Å²) in [5, 5.41) is 11.8. The van der Waals surface area contributed by atoms with Crippen LogP contribution in [0.3, 0.4) is 0 Å².